The number of allylic oxidation sites excluding steroid dienone is 2. The molecule has 2 aliphatic carbocycles. The number of nitrogens with zero attached hydrogens (tertiary/aromatic N) is 5. The highest BCUT2D eigenvalue weighted by Gasteiger charge is 2.31. The molecule has 3 aliphatic rings. The number of aromatic nitrogens is 4. The number of amides is 1. The van der Waals surface area contributed by atoms with Crippen molar-refractivity contribution in [2.75, 3.05) is 23.3 Å². The number of aryl methyl sites for hydroxylation is 1. The van der Waals surface area contributed by atoms with Gasteiger partial charge in [-0.25, -0.2) is 4.79 Å². The van der Waals surface area contributed by atoms with Gasteiger partial charge in [0.25, 0.3) is 5.56 Å². The zero-order valence-corrected chi connectivity index (χ0v) is 25.1. The third-order valence-corrected chi connectivity index (χ3v) is 9.11. The van der Waals surface area contributed by atoms with E-state index in [0.717, 1.165) is 56.1 Å². The van der Waals surface area contributed by atoms with Gasteiger partial charge < -0.3 is 20.5 Å². The first-order chi connectivity index (χ1) is 21.2. The minimum absolute atomic E-state index is 0.0161. The fourth-order valence-corrected chi connectivity index (χ4v) is 6.71. The molecule has 12 nitrogen and oxygen atoms in total. The standard InChI is InChI=1S/C32H39N7O5/c1-36-28-27(38(17-20-9-2-3-10-20)31(35-28)37-16-8-11-21(33)18-37)30(43)39(32(36)44)19-26(41)22-12-4-6-14-24(22)34-29(42)23-13-5-7-15-25(23)40/h4,6,9,12,14,21,23H,2-3,5,7-8,10-11,13,15-19,33H2,1H3,(H,34,42). The first-order valence-electron chi connectivity index (χ1n) is 15.6. The summed E-state index contributed by atoms with van der Waals surface area (Å²) < 4.78 is 4.14. The maximum atomic E-state index is 14.1. The number of hydrogen-bond acceptors (Lipinski definition) is 8. The molecular weight excluding hydrogens is 562 g/mol. The summed E-state index contributed by atoms with van der Waals surface area (Å²) >= 11 is 0. The lowest BCUT2D eigenvalue weighted by molar-refractivity contribution is -0.132. The lowest BCUT2D eigenvalue weighted by Crippen LogP contribution is -2.44. The molecule has 3 N–H and O–H groups in total. The largest absolute Gasteiger partial charge is 0.341 e. The van der Waals surface area contributed by atoms with Crippen molar-refractivity contribution in [3.8, 4) is 0 Å². The van der Waals surface area contributed by atoms with E-state index in [-0.39, 0.29) is 34.2 Å². The molecule has 2 unspecified atom stereocenters. The van der Waals surface area contributed by atoms with E-state index < -0.39 is 35.4 Å². The molecule has 44 heavy (non-hydrogen) atoms. The Kier molecular flexibility index (Phi) is 8.35. The summed E-state index contributed by atoms with van der Waals surface area (Å²) in [4.78, 5) is 73.5. The Morgan fingerprint density at radius 2 is 1.84 bits per heavy atom. The number of piperidine rings is 1. The lowest BCUT2D eigenvalue weighted by atomic mass is 9.87. The number of anilines is 2. The summed E-state index contributed by atoms with van der Waals surface area (Å²) in [6.07, 6.45) is 9.36. The zero-order chi connectivity index (χ0) is 31.0. The Hall–Kier alpha value is -4.32. The van der Waals surface area contributed by atoms with E-state index in [9.17, 15) is 24.0 Å². The number of imidazole rings is 1. The van der Waals surface area contributed by atoms with Crippen LogP contribution in [0.5, 0.6) is 0 Å². The van der Waals surface area contributed by atoms with Crippen LogP contribution in [0.1, 0.15) is 68.1 Å². The minimum Gasteiger partial charge on any atom is -0.341 e. The average Bonchev–Trinajstić information content (AvgIpc) is 3.67. The number of nitrogens with one attached hydrogen (secondary N) is 1. The molecule has 12 heteroatoms. The smallest absolute Gasteiger partial charge is 0.332 e. The summed E-state index contributed by atoms with van der Waals surface area (Å²) in [5, 5.41) is 2.75. The van der Waals surface area contributed by atoms with Crippen molar-refractivity contribution in [1.82, 2.24) is 18.7 Å². The third kappa shape index (κ3) is 5.66. The van der Waals surface area contributed by atoms with Gasteiger partial charge in [0, 0.05) is 44.7 Å². The Morgan fingerprint density at radius 1 is 1.02 bits per heavy atom. The Morgan fingerprint density at radius 3 is 2.59 bits per heavy atom. The van der Waals surface area contributed by atoms with Crippen molar-refractivity contribution in [3.05, 3.63) is 62.3 Å². The second-order valence-electron chi connectivity index (χ2n) is 12.2. The van der Waals surface area contributed by atoms with Crippen molar-refractivity contribution in [2.24, 2.45) is 18.7 Å². The van der Waals surface area contributed by atoms with E-state index >= 15 is 0 Å². The number of carbonyl (C=O) groups excluding carboxylic acids is 3. The van der Waals surface area contributed by atoms with Crippen LogP contribution in [-0.4, -0.2) is 55.3 Å². The molecule has 0 radical (unpaired) electrons. The molecule has 3 aromatic rings. The maximum absolute atomic E-state index is 14.1. The highest BCUT2D eigenvalue weighted by Crippen LogP contribution is 2.28. The van der Waals surface area contributed by atoms with E-state index in [2.05, 4.69) is 16.3 Å². The van der Waals surface area contributed by atoms with Gasteiger partial charge in [-0.2, -0.15) is 4.98 Å². The summed E-state index contributed by atoms with van der Waals surface area (Å²) in [6.45, 7) is 1.28. The predicted octanol–water partition coefficient (Wildman–Crippen LogP) is 2.52. The van der Waals surface area contributed by atoms with Crippen LogP contribution < -0.4 is 27.2 Å². The number of fused-ring (bicyclic) bond motifs is 1. The maximum Gasteiger partial charge on any atom is 0.332 e. The normalized spacial score (nSPS) is 20.6. The summed E-state index contributed by atoms with van der Waals surface area (Å²) in [5.41, 5.74) is 7.17. The molecule has 1 amide bonds. The SMILES string of the molecule is Cn1c(=O)n(CC(=O)c2ccccc2NC(=O)C2CCCCC2=O)c(=O)c2c1nc(N1CCCC(N)C1)n2CC1=CCCC1. The van der Waals surface area contributed by atoms with Crippen molar-refractivity contribution >= 4 is 40.3 Å². The van der Waals surface area contributed by atoms with Crippen molar-refractivity contribution in [1.29, 1.82) is 0 Å². The van der Waals surface area contributed by atoms with Crippen LogP contribution in [0.3, 0.4) is 0 Å². The average molecular weight is 602 g/mol. The van der Waals surface area contributed by atoms with Crippen LogP contribution in [0.2, 0.25) is 0 Å². The topological polar surface area (TPSA) is 154 Å². The van der Waals surface area contributed by atoms with Gasteiger partial charge in [-0.15, -0.1) is 0 Å². The zero-order valence-electron chi connectivity index (χ0n) is 25.1. The van der Waals surface area contributed by atoms with E-state index in [4.69, 9.17) is 10.7 Å². The summed E-state index contributed by atoms with van der Waals surface area (Å²) in [5.74, 6) is -1.20. The quantitative estimate of drug-likeness (QED) is 0.227. The fraction of sp³-hybridized carbons (Fsp3) is 0.500. The van der Waals surface area contributed by atoms with Gasteiger partial charge in [0.15, 0.2) is 16.9 Å². The number of rotatable bonds is 8. The van der Waals surface area contributed by atoms with Crippen LogP contribution in [0.4, 0.5) is 11.6 Å². The van der Waals surface area contributed by atoms with E-state index in [1.54, 1.807) is 31.3 Å². The van der Waals surface area contributed by atoms with Crippen LogP contribution in [0, 0.1) is 5.92 Å². The molecule has 2 fully saturated rings. The Labute approximate surface area is 254 Å². The van der Waals surface area contributed by atoms with E-state index in [1.165, 1.54) is 10.1 Å². The monoisotopic (exact) mass is 601 g/mol. The Balaban J connectivity index is 1.37. The van der Waals surface area contributed by atoms with E-state index in [0.29, 0.717) is 31.9 Å². The number of ketones is 2. The molecule has 2 atom stereocenters. The fourth-order valence-electron chi connectivity index (χ4n) is 6.71. The van der Waals surface area contributed by atoms with Crippen molar-refractivity contribution in [3.63, 3.8) is 0 Å². The number of carbonyl (C=O) groups is 3. The molecule has 6 rings (SSSR count). The highest BCUT2D eigenvalue weighted by atomic mass is 16.2. The number of nitrogens with two attached hydrogens (primary N) is 1. The number of benzene rings is 1. The molecular formula is C32H39N7O5. The number of Topliss-reactive ketones (excluding diaryl/α,β-unsaturated/α-hetero) is 2. The molecule has 1 aliphatic heterocycles. The Bertz CT molecular complexity index is 1780. The van der Waals surface area contributed by atoms with Gasteiger partial charge in [0.1, 0.15) is 5.78 Å². The second-order valence-corrected chi connectivity index (χ2v) is 12.2. The molecule has 1 saturated heterocycles. The second kappa shape index (κ2) is 12.4. The summed E-state index contributed by atoms with van der Waals surface area (Å²) in [7, 11) is 1.55. The van der Waals surface area contributed by atoms with Crippen LogP contribution in [0.25, 0.3) is 11.2 Å². The number of hydrogen-bond donors (Lipinski definition) is 2. The highest BCUT2D eigenvalue weighted by molar-refractivity contribution is 6.10. The van der Waals surface area contributed by atoms with Gasteiger partial charge in [-0.05, 0) is 57.1 Å². The molecule has 232 valence electrons. The lowest BCUT2D eigenvalue weighted by Gasteiger charge is -2.32. The first-order valence-corrected chi connectivity index (χ1v) is 15.6. The third-order valence-electron chi connectivity index (χ3n) is 9.11. The van der Waals surface area contributed by atoms with Crippen molar-refractivity contribution in [2.45, 2.75) is 76.9 Å². The van der Waals surface area contributed by atoms with E-state index in [1.807, 2.05) is 4.57 Å². The molecule has 0 bridgehead atoms. The molecule has 2 aromatic heterocycles. The van der Waals surface area contributed by atoms with Gasteiger partial charge >= 0.3 is 5.69 Å². The van der Waals surface area contributed by atoms with Gasteiger partial charge in [0.05, 0.1) is 18.2 Å². The van der Waals surface area contributed by atoms with Gasteiger partial charge in [0.2, 0.25) is 11.9 Å². The first kappa shape index (κ1) is 29.7. The summed E-state index contributed by atoms with van der Waals surface area (Å²) in [6, 6.07) is 6.44. The van der Waals surface area contributed by atoms with Crippen LogP contribution >= 0.6 is 0 Å². The molecule has 3 heterocycles. The van der Waals surface area contributed by atoms with Gasteiger partial charge in [-0.3, -0.25) is 28.3 Å². The number of para-hydroxylation sites is 1. The predicted molar refractivity (Wildman–Crippen MR) is 167 cm³/mol. The molecule has 0 spiro atoms. The van der Waals surface area contributed by atoms with Gasteiger partial charge in [-0.1, -0.05) is 30.2 Å². The molecule has 1 saturated carbocycles. The molecule has 1 aromatic carbocycles. The van der Waals surface area contributed by atoms with Crippen LogP contribution in [-0.2, 0) is 29.7 Å². The van der Waals surface area contributed by atoms with Crippen molar-refractivity contribution < 1.29 is 14.4 Å². The van der Waals surface area contributed by atoms with Crippen LogP contribution in [0.15, 0.2) is 45.5 Å². The minimum atomic E-state index is -0.747.